The third-order valence-electron chi connectivity index (χ3n) is 2.50. The van der Waals surface area contributed by atoms with E-state index in [9.17, 15) is 0 Å². The summed E-state index contributed by atoms with van der Waals surface area (Å²) in [7, 11) is 0.879. The van der Waals surface area contributed by atoms with Crippen LogP contribution in [0.4, 0.5) is 0 Å². The van der Waals surface area contributed by atoms with Gasteiger partial charge >= 0.3 is 0 Å². The maximum atomic E-state index is 5.37. The molecule has 0 aliphatic rings. The largest absolute Gasteiger partial charge is 0.428 e. The Labute approximate surface area is 80.4 Å². The molecule has 0 aromatic rings. The molecule has 0 aromatic carbocycles. The van der Waals surface area contributed by atoms with Gasteiger partial charge in [-0.25, -0.2) is 0 Å². The molecule has 0 heterocycles. The van der Waals surface area contributed by atoms with Crippen LogP contribution in [-0.4, -0.2) is 17.1 Å². The molecule has 0 bridgehead atoms. The molecule has 0 radical (unpaired) electrons. The molecule has 0 aliphatic heterocycles. The van der Waals surface area contributed by atoms with Crippen molar-refractivity contribution in [1.82, 2.24) is 0 Å². The van der Waals surface area contributed by atoms with E-state index in [0.29, 0.717) is 5.41 Å². The Kier molecular flexibility index (Phi) is 5.84. The van der Waals surface area contributed by atoms with Crippen LogP contribution in [0.3, 0.4) is 0 Å². The summed E-state index contributed by atoms with van der Waals surface area (Å²) < 4.78 is 5.37. The average Bonchev–Trinajstić information content (AvgIpc) is 1.95. The van der Waals surface area contributed by atoms with Crippen LogP contribution in [0.1, 0.15) is 47.0 Å². The molecule has 1 nitrogen and oxygen atoms in total. The van der Waals surface area contributed by atoms with Crippen molar-refractivity contribution in [1.29, 1.82) is 0 Å². The zero-order valence-electron chi connectivity index (χ0n) is 9.31. The molecule has 1 unspecified atom stereocenters. The van der Waals surface area contributed by atoms with Gasteiger partial charge in [-0.15, -0.1) is 0 Å². The summed E-state index contributed by atoms with van der Waals surface area (Å²) in [5, 5.41) is 0. The highest BCUT2D eigenvalue weighted by atomic mass is 28.2. The number of hydrogen-bond acceptors (Lipinski definition) is 1. The Balaban J connectivity index is 3.86. The molecule has 0 saturated carbocycles. The van der Waals surface area contributed by atoms with Gasteiger partial charge in [0.15, 0.2) is 0 Å². The van der Waals surface area contributed by atoms with E-state index in [1.807, 2.05) is 0 Å². The second kappa shape index (κ2) is 5.76. The number of unbranched alkanes of at least 4 members (excludes halogenated alkanes) is 1. The predicted molar refractivity (Wildman–Crippen MR) is 58.4 cm³/mol. The molecule has 12 heavy (non-hydrogen) atoms. The van der Waals surface area contributed by atoms with E-state index >= 15 is 0 Å². The molecular weight excluding hydrogens is 164 g/mol. The van der Waals surface area contributed by atoms with Gasteiger partial charge in [-0.05, 0) is 17.8 Å². The molecule has 74 valence electrons. The van der Waals surface area contributed by atoms with Gasteiger partial charge in [0, 0.05) is 6.61 Å². The Bertz CT molecular complexity index is 107. The normalized spacial score (nSPS) is 15.0. The second-order valence-corrected chi connectivity index (χ2v) is 5.24. The van der Waals surface area contributed by atoms with E-state index in [4.69, 9.17) is 4.43 Å². The summed E-state index contributed by atoms with van der Waals surface area (Å²) in [5.41, 5.74) is 0.416. The summed E-state index contributed by atoms with van der Waals surface area (Å²) in [6, 6.07) is 0. The van der Waals surface area contributed by atoms with Crippen molar-refractivity contribution in [2.45, 2.75) is 47.0 Å². The lowest BCUT2D eigenvalue weighted by atomic mass is 9.78. The molecule has 2 heteroatoms. The van der Waals surface area contributed by atoms with Crippen LogP contribution >= 0.6 is 0 Å². The lowest BCUT2D eigenvalue weighted by molar-refractivity contribution is 0.142. The van der Waals surface area contributed by atoms with Gasteiger partial charge < -0.3 is 4.43 Å². The summed E-state index contributed by atoms with van der Waals surface area (Å²) in [5.74, 6) is 0.745. The van der Waals surface area contributed by atoms with Crippen molar-refractivity contribution in [2.75, 3.05) is 6.61 Å². The van der Waals surface area contributed by atoms with Crippen LogP contribution in [0, 0.1) is 11.3 Å². The molecule has 0 N–H and O–H groups in total. The minimum atomic E-state index is 0.416. The molecule has 0 rings (SSSR count). The van der Waals surface area contributed by atoms with Crippen LogP contribution < -0.4 is 0 Å². The summed E-state index contributed by atoms with van der Waals surface area (Å²) in [6.07, 6.45) is 3.96. The minimum absolute atomic E-state index is 0.416. The second-order valence-electron chi connectivity index (χ2n) is 4.66. The molecule has 0 saturated heterocycles. The first-order valence-corrected chi connectivity index (χ1v) is 5.83. The standard InChI is InChI=1S/C10H24OSi/c1-5-6-7-9(8-11-12)10(2,3)4/h9H,5-8H2,1-4,12H3. The van der Waals surface area contributed by atoms with Crippen molar-refractivity contribution in [3.8, 4) is 0 Å². The summed E-state index contributed by atoms with van der Waals surface area (Å²) in [4.78, 5) is 0. The van der Waals surface area contributed by atoms with Crippen molar-refractivity contribution in [2.24, 2.45) is 11.3 Å². The highest BCUT2D eigenvalue weighted by Crippen LogP contribution is 2.30. The van der Waals surface area contributed by atoms with Crippen molar-refractivity contribution >= 4 is 10.5 Å². The zero-order chi connectivity index (χ0) is 9.61. The quantitative estimate of drug-likeness (QED) is 0.601. The third-order valence-corrected chi connectivity index (χ3v) is 2.83. The first kappa shape index (κ1) is 12.2. The maximum absolute atomic E-state index is 5.37. The number of rotatable bonds is 5. The monoisotopic (exact) mass is 188 g/mol. The van der Waals surface area contributed by atoms with E-state index in [1.54, 1.807) is 0 Å². The van der Waals surface area contributed by atoms with E-state index in [0.717, 1.165) is 23.0 Å². The Morgan fingerprint density at radius 2 is 1.92 bits per heavy atom. The molecule has 0 fully saturated rings. The van der Waals surface area contributed by atoms with Crippen molar-refractivity contribution in [3.63, 3.8) is 0 Å². The first-order valence-electron chi connectivity index (χ1n) is 5.01. The topological polar surface area (TPSA) is 9.23 Å². The number of hydrogen-bond donors (Lipinski definition) is 0. The lowest BCUT2D eigenvalue weighted by Crippen LogP contribution is -2.24. The van der Waals surface area contributed by atoms with Gasteiger partial charge in [-0.3, -0.25) is 0 Å². The molecule has 1 atom stereocenters. The van der Waals surface area contributed by atoms with E-state index in [2.05, 4.69) is 27.7 Å². The fourth-order valence-corrected chi connectivity index (χ4v) is 1.82. The van der Waals surface area contributed by atoms with Gasteiger partial charge in [-0.2, -0.15) is 0 Å². The van der Waals surface area contributed by atoms with Crippen LogP contribution in [0.5, 0.6) is 0 Å². The van der Waals surface area contributed by atoms with Crippen LogP contribution in [0.15, 0.2) is 0 Å². The predicted octanol–water partition coefficient (Wildman–Crippen LogP) is 2.14. The van der Waals surface area contributed by atoms with Crippen LogP contribution in [0.2, 0.25) is 0 Å². The Hall–Kier alpha value is 0.177. The third kappa shape index (κ3) is 4.94. The fourth-order valence-electron chi connectivity index (χ4n) is 1.42. The van der Waals surface area contributed by atoms with Gasteiger partial charge in [0.1, 0.15) is 10.5 Å². The van der Waals surface area contributed by atoms with Gasteiger partial charge in [0.2, 0.25) is 0 Å². The van der Waals surface area contributed by atoms with E-state index < -0.39 is 0 Å². The highest BCUT2D eigenvalue weighted by Gasteiger charge is 2.23. The maximum Gasteiger partial charge on any atom is 0.145 e. The average molecular weight is 188 g/mol. The molecular formula is C10H24OSi. The Morgan fingerprint density at radius 3 is 2.25 bits per heavy atom. The lowest BCUT2D eigenvalue weighted by Gasteiger charge is -2.30. The van der Waals surface area contributed by atoms with Crippen molar-refractivity contribution in [3.05, 3.63) is 0 Å². The first-order chi connectivity index (χ1) is 5.52. The van der Waals surface area contributed by atoms with Gasteiger partial charge in [-0.1, -0.05) is 40.5 Å². The van der Waals surface area contributed by atoms with Crippen LogP contribution in [-0.2, 0) is 4.43 Å². The van der Waals surface area contributed by atoms with Crippen molar-refractivity contribution < 1.29 is 4.43 Å². The van der Waals surface area contributed by atoms with Crippen LogP contribution in [0.25, 0.3) is 0 Å². The smallest absolute Gasteiger partial charge is 0.145 e. The molecule has 0 aromatic heterocycles. The van der Waals surface area contributed by atoms with Gasteiger partial charge in [0.05, 0.1) is 0 Å². The molecule has 0 aliphatic carbocycles. The molecule has 0 spiro atoms. The van der Waals surface area contributed by atoms with Gasteiger partial charge in [0.25, 0.3) is 0 Å². The fraction of sp³-hybridized carbons (Fsp3) is 1.00. The zero-order valence-corrected chi connectivity index (χ0v) is 11.3. The Morgan fingerprint density at radius 1 is 1.33 bits per heavy atom. The molecule has 0 amide bonds. The van der Waals surface area contributed by atoms with E-state index in [1.165, 1.54) is 19.3 Å². The SMILES string of the molecule is CCCCC(CO[SiH3])C(C)(C)C. The summed E-state index contributed by atoms with van der Waals surface area (Å²) in [6.45, 7) is 10.2. The van der Waals surface area contributed by atoms with E-state index in [-0.39, 0.29) is 0 Å². The highest BCUT2D eigenvalue weighted by molar-refractivity contribution is 5.97. The minimum Gasteiger partial charge on any atom is -0.428 e. The summed E-state index contributed by atoms with van der Waals surface area (Å²) >= 11 is 0.